The largest absolute Gasteiger partial charge is 0.305 e. The predicted octanol–water partition coefficient (Wildman–Crippen LogP) is 3.59. The third kappa shape index (κ3) is 2.15. The molecule has 3 heteroatoms. The van der Waals surface area contributed by atoms with Crippen molar-refractivity contribution in [2.45, 2.75) is 18.8 Å². The second kappa shape index (κ2) is 3.97. The summed E-state index contributed by atoms with van der Waals surface area (Å²) in [5.74, 6) is 0. The van der Waals surface area contributed by atoms with Gasteiger partial charge in [0.2, 0.25) is 0 Å². The lowest BCUT2D eigenvalue weighted by atomic mass is 9.82. The van der Waals surface area contributed by atoms with Crippen LogP contribution in [0, 0.1) is 0 Å². The van der Waals surface area contributed by atoms with Crippen LogP contribution < -0.4 is 0 Å². The molecule has 0 spiro atoms. The van der Waals surface area contributed by atoms with Crippen molar-refractivity contribution < 1.29 is 0 Å². The van der Waals surface area contributed by atoms with Crippen molar-refractivity contribution in [1.82, 2.24) is 4.90 Å². The van der Waals surface area contributed by atoms with Gasteiger partial charge >= 0.3 is 0 Å². The van der Waals surface area contributed by atoms with E-state index >= 15 is 0 Å². The van der Waals surface area contributed by atoms with Crippen LogP contribution in [0.5, 0.6) is 0 Å². The van der Waals surface area contributed by atoms with E-state index in [1.54, 1.807) is 0 Å². The second-order valence-corrected chi connectivity index (χ2v) is 5.49. The van der Waals surface area contributed by atoms with Crippen LogP contribution in [0.2, 0.25) is 10.0 Å². The first kappa shape index (κ1) is 11.3. The molecular formula is C12H15Cl2N. The summed E-state index contributed by atoms with van der Waals surface area (Å²) in [6, 6.07) is 5.99. The Labute approximate surface area is 101 Å². The average molecular weight is 244 g/mol. The molecule has 1 fully saturated rings. The van der Waals surface area contributed by atoms with Gasteiger partial charge in [0.15, 0.2) is 0 Å². The SMILES string of the molecule is CN1CC[C@@](C)(c2ccc(Cl)c(Cl)c2)C1. The monoisotopic (exact) mass is 243 g/mol. The van der Waals surface area contributed by atoms with E-state index in [1.165, 1.54) is 12.0 Å². The molecule has 82 valence electrons. The average Bonchev–Trinajstić information content (AvgIpc) is 2.52. The van der Waals surface area contributed by atoms with E-state index in [-0.39, 0.29) is 5.41 Å². The van der Waals surface area contributed by atoms with Crippen LogP contribution in [0.4, 0.5) is 0 Å². The number of hydrogen-bond donors (Lipinski definition) is 0. The number of benzene rings is 1. The molecule has 1 aromatic carbocycles. The molecule has 0 amide bonds. The Bertz CT molecular complexity index is 378. The highest BCUT2D eigenvalue weighted by atomic mass is 35.5. The molecule has 0 unspecified atom stereocenters. The molecule has 1 heterocycles. The molecular weight excluding hydrogens is 229 g/mol. The maximum atomic E-state index is 6.05. The van der Waals surface area contributed by atoms with Gasteiger partial charge < -0.3 is 4.90 Å². The van der Waals surface area contributed by atoms with Gasteiger partial charge in [-0.1, -0.05) is 36.2 Å². The molecule has 2 rings (SSSR count). The molecule has 0 aromatic heterocycles. The zero-order chi connectivity index (χ0) is 11.1. The molecule has 0 saturated carbocycles. The maximum Gasteiger partial charge on any atom is 0.0595 e. The number of likely N-dealkylation sites (N-methyl/N-ethyl adjacent to an activating group) is 1. The van der Waals surface area contributed by atoms with Crippen LogP contribution in [-0.4, -0.2) is 25.0 Å². The van der Waals surface area contributed by atoms with Gasteiger partial charge in [0.05, 0.1) is 10.0 Å². The van der Waals surface area contributed by atoms with Crippen molar-refractivity contribution in [3.8, 4) is 0 Å². The highest BCUT2D eigenvalue weighted by Crippen LogP contribution is 2.36. The number of rotatable bonds is 1. The van der Waals surface area contributed by atoms with Crippen LogP contribution in [0.1, 0.15) is 18.9 Å². The number of nitrogens with zero attached hydrogens (tertiary/aromatic N) is 1. The van der Waals surface area contributed by atoms with Crippen molar-refractivity contribution in [2.24, 2.45) is 0 Å². The molecule has 0 N–H and O–H groups in total. The Morgan fingerprint density at radius 3 is 2.53 bits per heavy atom. The van der Waals surface area contributed by atoms with Crippen LogP contribution in [0.15, 0.2) is 18.2 Å². The van der Waals surface area contributed by atoms with E-state index in [0.29, 0.717) is 10.0 Å². The number of halogens is 2. The van der Waals surface area contributed by atoms with Crippen molar-refractivity contribution in [2.75, 3.05) is 20.1 Å². The first-order chi connectivity index (χ1) is 7.01. The third-order valence-electron chi connectivity index (χ3n) is 3.28. The van der Waals surface area contributed by atoms with Crippen LogP contribution >= 0.6 is 23.2 Å². The highest BCUT2D eigenvalue weighted by Gasteiger charge is 2.33. The van der Waals surface area contributed by atoms with Crippen LogP contribution in [-0.2, 0) is 5.41 Å². The fraction of sp³-hybridized carbons (Fsp3) is 0.500. The standard InChI is InChI=1S/C12H15Cl2N/c1-12(5-6-15(2)8-12)9-3-4-10(13)11(14)7-9/h3-4,7H,5-6,8H2,1-2H3/t12-/m1/s1. The summed E-state index contributed by atoms with van der Waals surface area (Å²) in [6.07, 6.45) is 1.18. The molecule has 1 aromatic rings. The first-order valence-corrected chi connectivity index (χ1v) is 5.91. The predicted molar refractivity (Wildman–Crippen MR) is 65.9 cm³/mol. The molecule has 1 nitrogen and oxygen atoms in total. The van der Waals surface area contributed by atoms with E-state index in [0.717, 1.165) is 13.1 Å². The Morgan fingerprint density at radius 1 is 1.27 bits per heavy atom. The lowest BCUT2D eigenvalue weighted by Crippen LogP contribution is -2.25. The van der Waals surface area contributed by atoms with E-state index in [1.807, 2.05) is 12.1 Å². The van der Waals surface area contributed by atoms with Gasteiger partial charge in [0, 0.05) is 12.0 Å². The lowest BCUT2D eigenvalue weighted by Gasteiger charge is -2.24. The van der Waals surface area contributed by atoms with Crippen LogP contribution in [0.3, 0.4) is 0 Å². The minimum absolute atomic E-state index is 0.225. The van der Waals surface area contributed by atoms with Crippen molar-refractivity contribution in [3.05, 3.63) is 33.8 Å². The van der Waals surface area contributed by atoms with Crippen molar-refractivity contribution >= 4 is 23.2 Å². The summed E-state index contributed by atoms with van der Waals surface area (Å²) in [4.78, 5) is 2.35. The molecule has 1 atom stereocenters. The van der Waals surface area contributed by atoms with E-state index < -0.39 is 0 Å². The molecule has 1 aliphatic rings. The van der Waals surface area contributed by atoms with Crippen molar-refractivity contribution in [3.63, 3.8) is 0 Å². The zero-order valence-corrected chi connectivity index (χ0v) is 10.6. The second-order valence-electron chi connectivity index (χ2n) is 4.68. The number of likely N-dealkylation sites (tertiary alicyclic amines) is 1. The minimum Gasteiger partial charge on any atom is -0.305 e. The normalized spacial score (nSPS) is 27.2. The van der Waals surface area contributed by atoms with Gasteiger partial charge in [-0.3, -0.25) is 0 Å². The lowest BCUT2D eigenvalue weighted by molar-refractivity contribution is 0.381. The molecule has 15 heavy (non-hydrogen) atoms. The van der Waals surface area contributed by atoms with E-state index in [4.69, 9.17) is 23.2 Å². The van der Waals surface area contributed by atoms with E-state index in [9.17, 15) is 0 Å². The van der Waals surface area contributed by atoms with Gasteiger partial charge in [-0.05, 0) is 37.7 Å². The Hall–Kier alpha value is -0.240. The highest BCUT2D eigenvalue weighted by molar-refractivity contribution is 6.42. The first-order valence-electron chi connectivity index (χ1n) is 5.15. The van der Waals surface area contributed by atoms with Gasteiger partial charge in [0.1, 0.15) is 0 Å². The topological polar surface area (TPSA) is 3.24 Å². The third-order valence-corrected chi connectivity index (χ3v) is 4.02. The summed E-state index contributed by atoms with van der Waals surface area (Å²) < 4.78 is 0. The smallest absolute Gasteiger partial charge is 0.0595 e. The fourth-order valence-electron chi connectivity index (χ4n) is 2.30. The van der Waals surface area contributed by atoms with Gasteiger partial charge in [-0.25, -0.2) is 0 Å². The molecule has 0 bridgehead atoms. The van der Waals surface area contributed by atoms with E-state index in [2.05, 4.69) is 24.9 Å². The molecule has 1 aliphatic heterocycles. The van der Waals surface area contributed by atoms with Gasteiger partial charge in [0.25, 0.3) is 0 Å². The Kier molecular flexibility index (Phi) is 2.98. The quantitative estimate of drug-likeness (QED) is 0.729. The van der Waals surface area contributed by atoms with Gasteiger partial charge in [-0.2, -0.15) is 0 Å². The number of hydrogen-bond acceptors (Lipinski definition) is 1. The molecule has 1 saturated heterocycles. The Morgan fingerprint density at radius 2 is 2.00 bits per heavy atom. The fourth-order valence-corrected chi connectivity index (χ4v) is 2.60. The van der Waals surface area contributed by atoms with Gasteiger partial charge in [-0.15, -0.1) is 0 Å². The van der Waals surface area contributed by atoms with Crippen LogP contribution in [0.25, 0.3) is 0 Å². The summed E-state index contributed by atoms with van der Waals surface area (Å²) in [6.45, 7) is 4.53. The van der Waals surface area contributed by atoms with Crippen molar-refractivity contribution in [1.29, 1.82) is 0 Å². The minimum atomic E-state index is 0.225. The summed E-state index contributed by atoms with van der Waals surface area (Å²) >= 11 is 12.0. The summed E-state index contributed by atoms with van der Waals surface area (Å²) in [5.41, 5.74) is 1.52. The Balaban J connectivity index is 2.33. The summed E-state index contributed by atoms with van der Waals surface area (Å²) in [5, 5.41) is 1.29. The zero-order valence-electron chi connectivity index (χ0n) is 9.06. The molecule has 0 radical (unpaired) electrons. The maximum absolute atomic E-state index is 6.05. The summed E-state index contributed by atoms with van der Waals surface area (Å²) in [7, 11) is 2.16. The molecule has 0 aliphatic carbocycles.